The molecule has 2 nitrogen and oxygen atoms in total. The number of aryl methyl sites for hydroxylation is 2. The summed E-state index contributed by atoms with van der Waals surface area (Å²) in [5, 5.41) is 0. The third kappa shape index (κ3) is 9.65. The third-order valence-corrected chi connectivity index (χ3v) is 12.8. The Morgan fingerprint density at radius 2 is 0.364 bits per heavy atom. The van der Waals surface area contributed by atoms with Crippen LogP contribution in [0.2, 0.25) is 0 Å². The normalized spacial score (nSPS) is 11.6. The van der Waals surface area contributed by atoms with Crippen LogP contribution in [0.4, 0.5) is 34.1 Å². The Kier molecular flexibility index (Phi) is 12.1. The van der Waals surface area contributed by atoms with Crippen molar-refractivity contribution in [3.8, 4) is 44.5 Å². The smallest absolute Gasteiger partial charge is 0.0463 e. The zero-order valence-electron chi connectivity index (χ0n) is 39.7. The molecule has 0 aliphatic heterocycles. The van der Waals surface area contributed by atoms with E-state index in [9.17, 15) is 0 Å². The molecule has 0 aromatic heterocycles. The van der Waals surface area contributed by atoms with Crippen LogP contribution in [0.5, 0.6) is 0 Å². The Morgan fingerprint density at radius 1 is 0.212 bits per heavy atom. The summed E-state index contributed by atoms with van der Waals surface area (Å²) in [6.45, 7) is 17.8. The maximum atomic E-state index is 2.34. The number of benzene rings is 9. The molecule has 0 amide bonds. The van der Waals surface area contributed by atoms with Gasteiger partial charge in [0.1, 0.15) is 0 Å². The molecule has 0 saturated carbocycles. The van der Waals surface area contributed by atoms with Crippen LogP contribution in [0, 0.1) is 13.8 Å². The number of hydrogen-bond acceptors (Lipinski definition) is 2. The minimum Gasteiger partial charge on any atom is -0.311 e. The van der Waals surface area contributed by atoms with E-state index in [1.165, 1.54) is 66.8 Å². The van der Waals surface area contributed by atoms with E-state index in [4.69, 9.17) is 0 Å². The highest BCUT2D eigenvalue weighted by Gasteiger charge is 2.18. The van der Waals surface area contributed by atoms with E-state index in [2.05, 4.69) is 284 Å². The van der Waals surface area contributed by atoms with E-state index in [1.54, 1.807) is 0 Å². The predicted molar refractivity (Wildman–Crippen MR) is 284 cm³/mol. The number of hydrogen-bond donors (Lipinski definition) is 0. The molecule has 0 saturated heterocycles. The first-order valence-corrected chi connectivity index (χ1v) is 23.2. The lowest BCUT2D eigenvalue weighted by molar-refractivity contribution is 0.590. The van der Waals surface area contributed by atoms with Gasteiger partial charge in [0.25, 0.3) is 0 Å². The lowest BCUT2D eigenvalue weighted by Gasteiger charge is -2.28. The summed E-state index contributed by atoms with van der Waals surface area (Å²) in [5.41, 5.74) is 21.7. The largest absolute Gasteiger partial charge is 0.311 e. The van der Waals surface area contributed by atoms with Crippen LogP contribution in [-0.4, -0.2) is 0 Å². The molecule has 0 heterocycles. The van der Waals surface area contributed by atoms with Crippen molar-refractivity contribution in [1.29, 1.82) is 0 Å². The van der Waals surface area contributed by atoms with Crippen LogP contribution in [-0.2, 0) is 10.8 Å². The van der Waals surface area contributed by atoms with Gasteiger partial charge in [-0.05, 0) is 153 Å². The SMILES string of the molecule is Cc1ccc(N(c2ccc(-c3ccc(-c4ccc(C(C)(C)C)cc4)cc3)cc2)c2ccc(N(c3ccc(C)cc3)c3ccc(-c4ccc(-c5ccc(C(C)(C)C)cc5)cc4)cc3)cc2)cc1. The molecular weight excluding hydrogens is 797 g/mol. The second-order valence-electron chi connectivity index (χ2n) is 19.8. The molecule has 9 aromatic rings. The molecular formula is C64H60N2. The number of nitrogens with zero attached hydrogens (tertiary/aromatic N) is 2. The fourth-order valence-corrected chi connectivity index (χ4v) is 8.67. The van der Waals surface area contributed by atoms with E-state index in [0.29, 0.717) is 0 Å². The zero-order valence-corrected chi connectivity index (χ0v) is 39.7. The van der Waals surface area contributed by atoms with Crippen molar-refractivity contribution in [2.45, 2.75) is 66.2 Å². The molecule has 0 aliphatic rings. The van der Waals surface area contributed by atoms with Gasteiger partial charge in [0.15, 0.2) is 0 Å². The summed E-state index contributed by atoms with van der Waals surface area (Å²) in [4.78, 5) is 4.68. The Hall–Kier alpha value is -7.42. The monoisotopic (exact) mass is 856 g/mol. The minimum atomic E-state index is 0.139. The van der Waals surface area contributed by atoms with Crippen molar-refractivity contribution in [2.75, 3.05) is 9.80 Å². The van der Waals surface area contributed by atoms with Crippen LogP contribution < -0.4 is 9.80 Å². The first-order valence-electron chi connectivity index (χ1n) is 23.2. The van der Waals surface area contributed by atoms with Crippen molar-refractivity contribution in [3.63, 3.8) is 0 Å². The second-order valence-corrected chi connectivity index (χ2v) is 19.8. The van der Waals surface area contributed by atoms with E-state index in [1.807, 2.05) is 0 Å². The molecule has 0 aliphatic carbocycles. The highest BCUT2D eigenvalue weighted by Crippen LogP contribution is 2.41. The van der Waals surface area contributed by atoms with Crippen LogP contribution >= 0.6 is 0 Å². The number of anilines is 6. The Bertz CT molecular complexity index is 2790. The van der Waals surface area contributed by atoms with Gasteiger partial charge in [-0.2, -0.15) is 0 Å². The van der Waals surface area contributed by atoms with Crippen molar-refractivity contribution in [1.82, 2.24) is 0 Å². The molecule has 0 unspecified atom stereocenters. The van der Waals surface area contributed by atoms with Crippen LogP contribution in [0.15, 0.2) is 218 Å². The first-order chi connectivity index (χ1) is 31.8. The average molecular weight is 857 g/mol. The van der Waals surface area contributed by atoms with Gasteiger partial charge in [0, 0.05) is 34.1 Å². The quantitative estimate of drug-likeness (QED) is 0.135. The standard InChI is InChI=1S/C64H60N2/c1-45-9-33-57(34-10-45)65(59-37-25-53(26-38-59)49-17-13-47(14-18-49)51-21-29-55(30-22-51)63(3,4)5)61-41-43-62(44-42-61)66(58-35-11-46(2)12-36-58)60-39-27-54(28-40-60)50-19-15-48(16-20-50)52-23-31-56(32-24-52)64(6,7)8/h9-44H,1-8H3. The van der Waals surface area contributed by atoms with E-state index >= 15 is 0 Å². The molecule has 9 rings (SSSR count). The summed E-state index contributed by atoms with van der Waals surface area (Å²) in [6, 6.07) is 80.3. The zero-order chi connectivity index (χ0) is 46.0. The molecule has 0 spiro atoms. The van der Waals surface area contributed by atoms with Gasteiger partial charge in [0.2, 0.25) is 0 Å². The van der Waals surface area contributed by atoms with E-state index in [0.717, 1.165) is 34.1 Å². The predicted octanol–water partition coefficient (Wildman–Crippen LogP) is 18.5. The highest BCUT2D eigenvalue weighted by molar-refractivity contribution is 5.83. The third-order valence-electron chi connectivity index (χ3n) is 12.8. The molecule has 326 valence electrons. The molecule has 0 N–H and O–H groups in total. The highest BCUT2D eigenvalue weighted by atomic mass is 15.2. The van der Waals surface area contributed by atoms with Crippen molar-refractivity contribution >= 4 is 34.1 Å². The van der Waals surface area contributed by atoms with Gasteiger partial charge in [-0.15, -0.1) is 0 Å². The topological polar surface area (TPSA) is 6.48 Å². The average Bonchev–Trinajstić information content (AvgIpc) is 3.33. The summed E-state index contributed by atoms with van der Waals surface area (Å²) >= 11 is 0. The van der Waals surface area contributed by atoms with Gasteiger partial charge in [-0.1, -0.05) is 198 Å². The Labute approximate surface area is 393 Å². The summed E-state index contributed by atoms with van der Waals surface area (Å²) in [7, 11) is 0. The summed E-state index contributed by atoms with van der Waals surface area (Å²) in [5.74, 6) is 0. The molecule has 9 aromatic carbocycles. The fourth-order valence-electron chi connectivity index (χ4n) is 8.67. The van der Waals surface area contributed by atoms with Gasteiger partial charge in [-0.3, -0.25) is 0 Å². The Balaban J connectivity index is 0.977. The summed E-state index contributed by atoms with van der Waals surface area (Å²) < 4.78 is 0. The Morgan fingerprint density at radius 3 is 0.561 bits per heavy atom. The first kappa shape index (κ1) is 43.8. The van der Waals surface area contributed by atoms with Crippen LogP contribution in [0.1, 0.15) is 63.8 Å². The number of rotatable bonds is 10. The maximum absolute atomic E-state index is 2.34. The summed E-state index contributed by atoms with van der Waals surface area (Å²) in [6.07, 6.45) is 0. The molecule has 0 radical (unpaired) electrons. The van der Waals surface area contributed by atoms with Gasteiger partial charge >= 0.3 is 0 Å². The molecule has 0 bridgehead atoms. The fraction of sp³-hybridized carbons (Fsp3) is 0.156. The van der Waals surface area contributed by atoms with Crippen molar-refractivity contribution < 1.29 is 0 Å². The second kappa shape index (κ2) is 18.2. The molecule has 0 atom stereocenters. The van der Waals surface area contributed by atoms with Gasteiger partial charge in [0.05, 0.1) is 0 Å². The van der Waals surface area contributed by atoms with Gasteiger partial charge < -0.3 is 9.80 Å². The lowest BCUT2D eigenvalue weighted by Crippen LogP contribution is -2.12. The molecule has 2 heteroatoms. The van der Waals surface area contributed by atoms with E-state index in [-0.39, 0.29) is 10.8 Å². The van der Waals surface area contributed by atoms with Crippen molar-refractivity contribution in [2.24, 2.45) is 0 Å². The maximum Gasteiger partial charge on any atom is 0.0463 e. The lowest BCUT2D eigenvalue weighted by atomic mass is 9.86. The van der Waals surface area contributed by atoms with E-state index < -0.39 is 0 Å². The molecule has 0 fully saturated rings. The van der Waals surface area contributed by atoms with Crippen LogP contribution in [0.25, 0.3) is 44.5 Å². The minimum absolute atomic E-state index is 0.139. The van der Waals surface area contributed by atoms with Crippen LogP contribution in [0.3, 0.4) is 0 Å². The molecule has 66 heavy (non-hydrogen) atoms. The van der Waals surface area contributed by atoms with Gasteiger partial charge in [-0.25, -0.2) is 0 Å². The van der Waals surface area contributed by atoms with Crippen molar-refractivity contribution in [3.05, 3.63) is 241 Å².